The molecule has 0 amide bonds. The molecule has 1 saturated heterocycles. The number of nitrogens with zero attached hydrogens (tertiary/aromatic N) is 6. The highest BCUT2D eigenvalue weighted by Gasteiger charge is 2.26. The van der Waals surface area contributed by atoms with Gasteiger partial charge in [0.05, 0.1) is 11.4 Å². The van der Waals surface area contributed by atoms with E-state index in [2.05, 4.69) is 25.3 Å². The van der Waals surface area contributed by atoms with Crippen LogP contribution >= 0.6 is 0 Å². The minimum atomic E-state index is -0.437. The second-order valence-corrected chi connectivity index (χ2v) is 6.43. The normalized spacial score (nSPS) is 18.5. The fraction of sp³-hybridized carbons (Fsp3) is 0.438. The lowest BCUT2D eigenvalue weighted by molar-refractivity contribution is 0.190. The van der Waals surface area contributed by atoms with Crippen molar-refractivity contribution in [3.05, 3.63) is 38.8 Å². The minimum Gasteiger partial charge on any atom is -0.332 e. The van der Waals surface area contributed by atoms with Crippen LogP contribution in [-0.4, -0.2) is 55.8 Å². The summed E-state index contributed by atoms with van der Waals surface area (Å²) in [6.07, 6.45) is 0. The lowest BCUT2D eigenvalue weighted by atomic mass is 10.2. The molecule has 4 rings (SSSR count). The third kappa shape index (κ3) is 2.54. The molecule has 26 heavy (non-hydrogen) atoms. The molecule has 1 atom stereocenters. The number of hydrogen-bond acceptors (Lipinski definition) is 8. The van der Waals surface area contributed by atoms with Crippen LogP contribution in [0.5, 0.6) is 0 Å². The van der Waals surface area contributed by atoms with E-state index in [1.165, 1.54) is 11.6 Å². The summed E-state index contributed by atoms with van der Waals surface area (Å²) in [6, 6.07) is 3.30. The molecule has 1 aliphatic heterocycles. The van der Waals surface area contributed by atoms with Gasteiger partial charge in [0.2, 0.25) is 0 Å². The van der Waals surface area contributed by atoms with E-state index in [-0.39, 0.29) is 23.1 Å². The summed E-state index contributed by atoms with van der Waals surface area (Å²) in [5, 5.41) is 7.74. The van der Waals surface area contributed by atoms with Gasteiger partial charge >= 0.3 is 5.69 Å². The van der Waals surface area contributed by atoms with Crippen LogP contribution in [0.15, 0.2) is 26.2 Å². The average Bonchev–Trinajstić information content (AvgIpc) is 3.14. The second kappa shape index (κ2) is 6.15. The Hall–Kier alpha value is -2.85. The van der Waals surface area contributed by atoms with Crippen molar-refractivity contribution in [1.29, 1.82) is 0 Å². The lowest BCUT2D eigenvalue weighted by Gasteiger charge is -2.30. The van der Waals surface area contributed by atoms with Crippen LogP contribution in [-0.2, 0) is 14.1 Å². The van der Waals surface area contributed by atoms with Crippen molar-refractivity contribution in [3.63, 3.8) is 0 Å². The fourth-order valence-corrected chi connectivity index (χ4v) is 3.14. The molecule has 3 aromatic rings. The number of pyridine rings is 1. The van der Waals surface area contributed by atoms with E-state index < -0.39 is 5.69 Å². The smallest absolute Gasteiger partial charge is 0.332 e. The van der Waals surface area contributed by atoms with Crippen LogP contribution in [0.25, 0.3) is 22.6 Å². The fourth-order valence-electron chi connectivity index (χ4n) is 3.14. The van der Waals surface area contributed by atoms with E-state index in [1.807, 2.05) is 7.05 Å². The molecular weight excluding hydrogens is 338 g/mol. The predicted molar refractivity (Wildman–Crippen MR) is 93.8 cm³/mol. The maximum absolute atomic E-state index is 12.2. The monoisotopic (exact) mass is 357 g/mol. The average molecular weight is 357 g/mol. The van der Waals surface area contributed by atoms with Crippen LogP contribution in [0.1, 0.15) is 11.9 Å². The number of piperazine rings is 1. The van der Waals surface area contributed by atoms with E-state index >= 15 is 0 Å². The van der Waals surface area contributed by atoms with Crippen molar-refractivity contribution >= 4 is 11.0 Å². The Balaban J connectivity index is 1.78. The van der Waals surface area contributed by atoms with Gasteiger partial charge in [-0.1, -0.05) is 5.16 Å². The third-order valence-electron chi connectivity index (χ3n) is 4.77. The Morgan fingerprint density at radius 1 is 1.15 bits per heavy atom. The van der Waals surface area contributed by atoms with Crippen LogP contribution in [0.3, 0.4) is 0 Å². The molecule has 3 aromatic heterocycles. The second-order valence-electron chi connectivity index (χ2n) is 6.43. The van der Waals surface area contributed by atoms with E-state index in [0.717, 1.165) is 24.2 Å². The largest absolute Gasteiger partial charge is 0.332 e. The molecule has 10 nitrogen and oxygen atoms in total. The molecule has 4 heterocycles. The summed E-state index contributed by atoms with van der Waals surface area (Å²) < 4.78 is 7.76. The highest BCUT2D eigenvalue weighted by Crippen LogP contribution is 2.22. The van der Waals surface area contributed by atoms with Gasteiger partial charge < -0.3 is 9.84 Å². The van der Waals surface area contributed by atoms with Gasteiger partial charge in [0.25, 0.3) is 11.4 Å². The van der Waals surface area contributed by atoms with Gasteiger partial charge in [0.15, 0.2) is 5.82 Å². The maximum atomic E-state index is 12.2. The van der Waals surface area contributed by atoms with Crippen molar-refractivity contribution in [1.82, 2.24) is 34.5 Å². The lowest BCUT2D eigenvalue weighted by Crippen LogP contribution is -2.44. The maximum Gasteiger partial charge on any atom is 0.332 e. The highest BCUT2D eigenvalue weighted by molar-refractivity contribution is 5.76. The summed E-state index contributed by atoms with van der Waals surface area (Å²) in [7, 11) is 5.03. The summed E-state index contributed by atoms with van der Waals surface area (Å²) in [6.45, 7) is 2.56. The molecule has 0 aromatic carbocycles. The highest BCUT2D eigenvalue weighted by atomic mass is 16.5. The first-order valence-electron chi connectivity index (χ1n) is 8.29. The Morgan fingerprint density at radius 2 is 1.96 bits per heavy atom. The number of fused-ring (bicyclic) bond motifs is 1. The Bertz CT molecular complexity index is 1100. The first-order valence-corrected chi connectivity index (χ1v) is 8.29. The van der Waals surface area contributed by atoms with E-state index in [9.17, 15) is 9.59 Å². The van der Waals surface area contributed by atoms with E-state index in [1.54, 1.807) is 19.2 Å². The van der Waals surface area contributed by atoms with Gasteiger partial charge in [-0.05, 0) is 19.2 Å². The third-order valence-corrected chi connectivity index (χ3v) is 4.77. The zero-order valence-corrected chi connectivity index (χ0v) is 14.8. The molecule has 0 bridgehead atoms. The Morgan fingerprint density at radius 3 is 2.73 bits per heavy atom. The van der Waals surface area contributed by atoms with Crippen molar-refractivity contribution in [3.8, 4) is 11.6 Å². The van der Waals surface area contributed by atoms with Crippen LogP contribution < -0.4 is 16.6 Å². The zero-order valence-electron chi connectivity index (χ0n) is 14.8. The summed E-state index contributed by atoms with van der Waals surface area (Å²) >= 11 is 0. The first kappa shape index (κ1) is 16.6. The van der Waals surface area contributed by atoms with Crippen molar-refractivity contribution in [2.75, 3.05) is 26.7 Å². The number of aromatic nitrogens is 5. The number of rotatable bonds is 2. The van der Waals surface area contributed by atoms with Crippen LogP contribution in [0, 0.1) is 0 Å². The molecule has 1 fully saturated rings. The minimum absolute atomic E-state index is 0.0263. The molecule has 0 radical (unpaired) electrons. The van der Waals surface area contributed by atoms with Crippen molar-refractivity contribution < 1.29 is 4.52 Å². The summed E-state index contributed by atoms with van der Waals surface area (Å²) in [5.41, 5.74) is -0.116. The number of nitrogens with one attached hydrogen (secondary N) is 1. The summed E-state index contributed by atoms with van der Waals surface area (Å²) in [5.74, 6) is 0.837. The molecule has 10 heteroatoms. The van der Waals surface area contributed by atoms with Gasteiger partial charge in [-0.2, -0.15) is 4.98 Å². The molecule has 0 saturated carbocycles. The van der Waals surface area contributed by atoms with E-state index in [4.69, 9.17) is 4.52 Å². The predicted octanol–water partition coefficient (Wildman–Crippen LogP) is -0.742. The molecule has 0 aliphatic carbocycles. The van der Waals surface area contributed by atoms with Gasteiger partial charge in [-0.15, -0.1) is 0 Å². The Kier molecular flexibility index (Phi) is 3.93. The molecule has 1 aliphatic rings. The number of likely N-dealkylation sites (N-methyl/N-ethyl adjacent to an activating group) is 1. The molecular formula is C16H19N7O3. The summed E-state index contributed by atoms with van der Waals surface area (Å²) in [4.78, 5) is 35.4. The van der Waals surface area contributed by atoms with E-state index in [0.29, 0.717) is 16.9 Å². The van der Waals surface area contributed by atoms with Crippen LogP contribution in [0.2, 0.25) is 0 Å². The number of aryl methyl sites for hydroxylation is 1. The quantitative estimate of drug-likeness (QED) is 0.638. The van der Waals surface area contributed by atoms with Gasteiger partial charge in [0, 0.05) is 33.7 Å². The molecule has 1 unspecified atom stereocenters. The first-order chi connectivity index (χ1) is 12.5. The van der Waals surface area contributed by atoms with Gasteiger partial charge in [-0.25, -0.2) is 9.78 Å². The molecule has 0 spiro atoms. The van der Waals surface area contributed by atoms with Gasteiger partial charge in [-0.3, -0.25) is 18.8 Å². The zero-order chi connectivity index (χ0) is 18.4. The van der Waals surface area contributed by atoms with Crippen LogP contribution in [0.4, 0.5) is 0 Å². The Labute approximate surface area is 148 Å². The van der Waals surface area contributed by atoms with Crippen molar-refractivity contribution in [2.45, 2.75) is 6.04 Å². The molecule has 1 N–H and O–H groups in total. The van der Waals surface area contributed by atoms with Crippen molar-refractivity contribution in [2.24, 2.45) is 14.1 Å². The topological polar surface area (TPSA) is 111 Å². The number of hydrogen-bond donors (Lipinski definition) is 1. The standard InChI is InChI=1S/C16H19N7O3/c1-21-7-6-17-8-11(21)12-19-14(26-20-12)10-5-4-9-13(18-10)22(2)16(25)23(3)15(9)24/h4-5,11,17H,6-8H2,1-3H3. The SMILES string of the molecule is CN1CCNCC1c1noc(-c2ccc3c(=O)n(C)c(=O)n(C)c3n2)n1. The van der Waals surface area contributed by atoms with Gasteiger partial charge in [0.1, 0.15) is 11.3 Å². The molecule has 136 valence electrons.